The van der Waals surface area contributed by atoms with E-state index >= 15 is 0 Å². The van der Waals surface area contributed by atoms with Crippen molar-refractivity contribution in [1.82, 2.24) is 0 Å². The van der Waals surface area contributed by atoms with E-state index < -0.39 is 0 Å². The van der Waals surface area contributed by atoms with E-state index in [0.29, 0.717) is 19.1 Å². The van der Waals surface area contributed by atoms with Gasteiger partial charge in [-0.05, 0) is 24.6 Å². The molecule has 3 heteroatoms. The lowest BCUT2D eigenvalue weighted by Gasteiger charge is -2.06. The van der Waals surface area contributed by atoms with E-state index in [1.807, 2.05) is 25.1 Å². The third-order valence-electron chi connectivity index (χ3n) is 2.83. The molecule has 0 bridgehead atoms. The first-order valence-corrected chi connectivity index (χ1v) is 6.35. The molecule has 18 heavy (non-hydrogen) atoms. The summed E-state index contributed by atoms with van der Waals surface area (Å²) in [7, 11) is 0. The standard InChI is InChI=1S/C15H19NO2/c1-3-13(16)6-4-12-5-7-14-15(8-12)18-10-11(2)9-17-14/h5,7-8,11,13H,3,9-10,16H2,1-2H3. The average Bonchev–Trinajstić information content (AvgIpc) is 2.58. The Balaban J connectivity index is 2.18. The minimum Gasteiger partial charge on any atom is -0.489 e. The summed E-state index contributed by atoms with van der Waals surface area (Å²) in [6, 6.07) is 5.70. The molecule has 0 aromatic heterocycles. The monoisotopic (exact) mass is 245 g/mol. The van der Waals surface area contributed by atoms with Gasteiger partial charge >= 0.3 is 0 Å². The zero-order valence-electron chi connectivity index (χ0n) is 10.9. The van der Waals surface area contributed by atoms with Gasteiger partial charge in [0.05, 0.1) is 19.3 Å². The molecule has 1 aliphatic heterocycles. The van der Waals surface area contributed by atoms with Crippen molar-refractivity contribution >= 4 is 0 Å². The highest BCUT2D eigenvalue weighted by Crippen LogP contribution is 2.31. The van der Waals surface area contributed by atoms with Crippen LogP contribution < -0.4 is 15.2 Å². The van der Waals surface area contributed by atoms with Crippen LogP contribution in [0.25, 0.3) is 0 Å². The summed E-state index contributed by atoms with van der Waals surface area (Å²) in [6.45, 7) is 5.50. The van der Waals surface area contributed by atoms with Gasteiger partial charge in [0.25, 0.3) is 0 Å². The molecule has 0 saturated heterocycles. The SMILES string of the molecule is CCC(N)C#Cc1ccc2c(c1)OCC(C)CO2. The Kier molecular flexibility index (Phi) is 4.11. The van der Waals surface area contributed by atoms with Gasteiger partial charge in [-0.25, -0.2) is 0 Å². The number of fused-ring (bicyclic) bond motifs is 1. The van der Waals surface area contributed by atoms with Crippen molar-refractivity contribution in [2.45, 2.75) is 26.3 Å². The third kappa shape index (κ3) is 3.18. The van der Waals surface area contributed by atoms with Crippen LogP contribution in [-0.2, 0) is 0 Å². The molecule has 0 amide bonds. The number of nitrogens with two attached hydrogens (primary N) is 1. The molecule has 3 nitrogen and oxygen atoms in total. The molecule has 2 unspecified atom stereocenters. The largest absolute Gasteiger partial charge is 0.489 e. The lowest BCUT2D eigenvalue weighted by atomic mass is 10.1. The topological polar surface area (TPSA) is 44.5 Å². The van der Waals surface area contributed by atoms with Crippen molar-refractivity contribution < 1.29 is 9.47 Å². The van der Waals surface area contributed by atoms with E-state index in [4.69, 9.17) is 15.2 Å². The molecule has 0 saturated carbocycles. The van der Waals surface area contributed by atoms with Crippen LogP contribution in [-0.4, -0.2) is 19.3 Å². The van der Waals surface area contributed by atoms with Crippen LogP contribution >= 0.6 is 0 Å². The number of hydrogen-bond donors (Lipinski definition) is 1. The van der Waals surface area contributed by atoms with Gasteiger partial charge in [-0.15, -0.1) is 0 Å². The fourth-order valence-electron chi connectivity index (χ4n) is 1.61. The van der Waals surface area contributed by atoms with Gasteiger partial charge in [-0.2, -0.15) is 0 Å². The summed E-state index contributed by atoms with van der Waals surface area (Å²) in [5.74, 6) is 8.05. The van der Waals surface area contributed by atoms with Gasteiger partial charge in [-0.1, -0.05) is 25.7 Å². The van der Waals surface area contributed by atoms with Gasteiger partial charge in [0.15, 0.2) is 11.5 Å². The van der Waals surface area contributed by atoms with E-state index in [9.17, 15) is 0 Å². The van der Waals surface area contributed by atoms with Gasteiger partial charge in [0.2, 0.25) is 0 Å². The Morgan fingerprint density at radius 3 is 2.78 bits per heavy atom. The maximum atomic E-state index is 5.77. The van der Waals surface area contributed by atoms with Gasteiger partial charge < -0.3 is 15.2 Å². The Labute approximate surface area is 108 Å². The maximum absolute atomic E-state index is 5.77. The highest BCUT2D eigenvalue weighted by Gasteiger charge is 2.14. The van der Waals surface area contributed by atoms with Crippen molar-refractivity contribution in [2.24, 2.45) is 11.7 Å². The van der Waals surface area contributed by atoms with E-state index in [2.05, 4.69) is 18.8 Å². The molecular weight excluding hydrogens is 226 g/mol. The van der Waals surface area contributed by atoms with Gasteiger partial charge in [0.1, 0.15) is 0 Å². The summed E-state index contributed by atoms with van der Waals surface area (Å²) in [5.41, 5.74) is 6.69. The smallest absolute Gasteiger partial charge is 0.162 e. The molecule has 1 heterocycles. The molecule has 0 aliphatic carbocycles. The minimum absolute atomic E-state index is 0.0685. The summed E-state index contributed by atoms with van der Waals surface area (Å²) < 4.78 is 11.4. The molecule has 0 radical (unpaired) electrons. The minimum atomic E-state index is -0.0685. The lowest BCUT2D eigenvalue weighted by molar-refractivity contribution is 0.228. The maximum Gasteiger partial charge on any atom is 0.162 e. The van der Waals surface area contributed by atoms with Crippen molar-refractivity contribution in [3.8, 4) is 23.3 Å². The molecule has 2 N–H and O–H groups in total. The summed E-state index contributed by atoms with van der Waals surface area (Å²) in [4.78, 5) is 0. The molecule has 0 fully saturated rings. The summed E-state index contributed by atoms with van der Waals surface area (Å²) in [5, 5.41) is 0. The zero-order valence-corrected chi connectivity index (χ0v) is 10.9. The predicted octanol–water partition coefficient (Wildman–Crippen LogP) is 2.18. The Hall–Kier alpha value is -1.66. The highest BCUT2D eigenvalue weighted by atomic mass is 16.5. The van der Waals surface area contributed by atoms with Crippen LogP contribution in [0.5, 0.6) is 11.5 Å². The second-order valence-corrected chi connectivity index (χ2v) is 4.67. The van der Waals surface area contributed by atoms with E-state index in [0.717, 1.165) is 23.5 Å². The lowest BCUT2D eigenvalue weighted by Crippen LogP contribution is -2.15. The quantitative estimate of drug-likeness (QED) is 0.771. The van der Waals surface area contributed by atoms with Crippen molar-refractivity contribution in [3.63, 3.8) is 0 Å². The van der Waals surface area contributed by atoms with E-state index in [-0.39, 0.29) is 6.04 Å². The molecular formula is C15H19NO2. The zero-order chi connectivity index (χ0) is 13.0. The number of rotatable bonds is 1. The van der Waals surface area contributed by atoms with Crippen molar-refractivity contribution in [3.05, 3.63) is 23.8 Å². The van der Waals surface area contributed by atoms with Crippen molar-refractivity contribution in [2.75, 3.05) is 13.2 Å². The second-order valence-electron chi connectivity index (χ2n) is 4.67. The van der Waals surface area contributed by atoms with Crippen LogP contribution in [0.2, 0.25) is 0 Å². The van der Waals surface area contributed by atoms with Gasteiger partial charge in [-0.3, -0.25) is 0 Å². The van der Waals surface area contributed by atoms with Crippen LogP contribution in [0, 0.1) is 17.8 Å². The Morgan fingerprint density at radius 1 is 1.33 bits per heavy atom. The molecule has 96 valence electrons. The molecule has 1 aliphatic rings. The number of hydrogen-bond acceptors (Lipinski definition) is 3. The number of ether oxygens (including phenoxy) is 2. The Morgan fingerprint density at radius 2 is 2.06 bits per heavy atom. The van der Waals surface area contributed by atoms with Crippen molar-refractivity contribution in [1.29, 1.82) is 0 Å². The van der Waals surface area contributed by atoms with Crippen LogP contribution in [0.15, 0.2) is 18.2 Å². The van der Waals surface area contributed by atoms with Crippen LogP contribution in [0.3, 0.4) is 0 Å². The molecule has 2 atom stereocenters. The fraction of sp³-hybridized carbons (Fsp3) is 0.467. The van der Waals surface area contributed by atoms with Crippen LogP contribution in [0.1, 0.15) is 25.8 Å². The summed E-state index contributed by atoms with van der Waals surface area (Å²) in [6.07, 6.45) is 0.856. The molecule has 0 spiro atoms. The fourth-order valence-corrected chi connectivity index (χ4v) is 1.61. The Bertz CT molecular complexity index is 473. The first kappa shape index (κ1) is 12.8. The first-order chi connectivity index (χ1) is 8.69. The summed E-state index contributed by atoms with van der Waals surface area (Å²) >= 11 is 0. The highest BCUT2D eigenvalue weighted by molar-refractivity contribution is 5.48. The molecule has 2 rings (SSSR count). The second kappa shape index (κ2) is 5.79. The third-order valence-corrected chi connectivity index (χ3v) is 2.83. The molecule has 1 aromatic carbocycles. The predicted molar refractivity (Wildman–Crippen MR) is 71.7 cm³/mol. The average molecular weight is 245 g/mol. The first-order valence-electron chi connectivity index (χ1n) is 6.35. The molecule has 1 aromatic rings. The van der Waals surface area contributed by atoms with Gasteiger partial charge in [0, 0.05) is 11.5 Å². The normalized spacial score (nSPS) is 19.4. The van der Waals surface area contributed by atoms with E-state index in [1.165, 1.54) is 0 Å². The number of benzene rings is 1. The van der Waals surface area contributed by atoms with E-state index in [1.54, 1.807) is 0 Å². The van der Waals surface area contributed by atoms with Crippen LogP contribution in [0.4, 0.5) is 0 Å².